The molecular formula is C25H26N2O5. The van der Waals surface area contributed by atoms with E-state index < -0.39 is 11.9 Å². The highest BCUT2D eigenvalue weighted by atomic mass is 16.5. The van der Waals surface area contributed by atoms with Gasteiger partial charge < -0.3 is 14.4 Å². The van der Waals surface area contributed by atoms with Crippen molar-refractivity contribution in [3.63, 3.8) is 0 Å². The largest absolute Gasteiger partial charge is 0.488 e. The molecule has 7 heteroatoms. The molecule has 0 bridgehead atoms. The van der Waals surface area contributed by atoms with E-state index in [4.69, 9.17) is 9.47 Å². The van der Waals surface area contributed by atoms with Crippen molar-refractivity contribution < 1.29 is 23.9 Å². The van der Waals surface area contributed by atoms with Gasteiger partial charge in [-0.05, 0) is 55.0 Å². The third-order valence-corrected chi connectivity index (χ3v) is 6.48. The zero-order chi connectivity index (χ0) is 22.1. The lowest BCUT2D eigenvalue weighted by molar-refractivity contribution is -0.136. The molecule has 3 atom stereocenters. The summed E-state index contributed by atoms with van der Waals surface area (Å²) in [4.78, 5) is 38.1. The minimum absolute atomic E-state index is 0.0277. The monoisotopic (exact) mass is 434 g/mol. The van der Waals surface area contributed by atoms with E-state index in [0.717, 1.165) is 30.4 Å². The molecule has 2 aromatic carbocycles. The normalized spacial score (nSPS) is 25.1. The lowest BCUT2D eigenvalue weighted by Crippen LogP contribution is -2.52. The minimum Gasteiger partial charge on any atom is -0.488 e. The smallest absolute Gasteiger partial charge is 0.255 e. The quantitative estimate of drug-likeness (QED) is 0.707. The molecule has 3 amide bonds. The molecular weight excluding hydrogens is 408 g/mol. The van der Waals surface area contributed by atoms with Crippen LogP contribution in [0.2, 0.25) is 0 Å². The van der Waals surface area contributed by atoms with Crippen LogP contribution in [0.25, 0.3) is 0 Å². The number of hydrogen-bond donors (Lipinski definition) is 1. The summed E-state index contributed by atoms with van der Waals surface area (Å²) in [5.74, 6) is -0.150. The molecule has 3 aliphatic rings. The Kier molecular flexibility index (Phi) is 5.66. The van der Waals surface area contributed by atoms with Gasteiger partial charge in [-0.25, -0.2) is 0 Å². The van der Waals surface area contributed by atoms with Crippen LogP contribution in [0, 0.1) is 0 Å². The molecule has 1 unspecified atom stereocenters. The molecule has 0 radical (unpaired) electrons. The van der Waals surface area contributed by atoms with Crippen LogP contribution in [0.3, 0.4) is 0 Å². The highest BCUT2D eigenvalue weighted by Crippen LogP contribution is 2.33. The molecule has 1 saturated heterocycles. The van der Waals surface area contributed by atoms with Crippen LogP contribution in [-0.2, 0) is 27.5 Å². The molecule has 5 rings (SSSR count). The van der Waals surface area contributed by atoms with Gasteiger partial charge in [0.15, 0.2) is 0 Å². The lowest BCUT2D eigenvalue weighted by Gasteiger charge is -2.29. The van der Waals surface area contributed by atoms with Crippen molar-refractivity contribution in [1.29, 1.82) is 0 Å². The van der Waals surface area contributed by atoms with Crippen molar-refractivity contribution in [3.05, 3.63) is 65.2 Å². The molecule has 2 aromatic rings. The van der Waals surface area contributed by atoms with E-state index in [1.54, 1.807) is 11.0 Å². The maximum Gasteiger partial charge on any atom is 0.255 e. The van der Waals surface area contributed by atoms with Gasteiger partial charge in [0, 0.05) is 18.5 Å². The number of ether oxygens (including phenoxy) is 2. The highest BCUT2D eigenvalue weighted by Gasteiger charge is 2.39. The summed E-state index contributed by atoms with van der Waals surface area (Å²) in [6.45, 7) is 0.904. The summed E-state index contributed by atoms with van der Waals surface area (Å²) >= 11 is 0. The highest BCUT2D eigenvalue weighted by molar-refractivity contribution is 6.05. The number of piperidine rings is 1. The predicted octanol–water partition coefficient (Wildman–Crippen LogP) is 2.96. The second-order valence-corrected chi connectivity index (χ2v) is 8.64. The van der Waals surface area contributed by atoms with E-state index in [2.05, 4.69) is 17.4 Å². The maximum absolute atomic E-state index is 12.9. The summed E-state index contributed by atoms with van der Waals surface area (Å²) in [6.07, 6.45) is 3.55. The fourth-order valence-corrected chi connectivity index (χ4v) is 4.79. The number of imide groups is 1. The minimum atomic E-state index is -0.609. The Balaban J connectivity index is 1.24. The van der Waals surface area contributed by atoms with Gasteiger partial charge in [0.25, 0.3) is 5.91 Å². The van der Waals surface area contributed by atoms with Crippen molar-refractivity contribution >= 4 is 17.7 Å². The first-order valence-corrected chi connectivity index (χ1v) is 11.2. The van der Waals surface area contributed by atoms with Crippen LogP contribution in [0.5, 0.6) is 5.75 Å². The number of carbonyl (C=O) groups is 3. The molecule has 32 heavy (non-hydrogen) atoms. The Labute approximate surface area is 186 Å². The number of hydrogen-bond acceptors (Lipinski definition) is 5. The van der Waals surface area contributed by atoms with E-state index in [0.29, 0.717) is 30.9 Å². The molecule has 166 valence electrons. The predicted molar refractivity (Wildman–Crippen MR) is 116 cm³/mol. The first-order chi connectivity index (χ1) is 15.6. The number of carbonyl (C=O) groups excluding carboxylic acids is 3. The summed E-state index contributed by atoms with van der Waals surface area (Å²) < 4.78 is 12.4. The Hall–Kier alpha value is -3.19. The fraction of sp³-hybridized carbons (Fsp3) is 0.400. The number of benzene rings is 2. The van der Waals surface area contributed by atoms with E-state index in [1.807, 2.05) is 30.3 Å². The standard InChI is InChI=1S/C25H26N2O5/c28-23-12-11-20(24(29)26-23)27-14-17-13-18(9-10-19(17)25(27)30)32-22-8-4-7-21(22)31-15-16-5-2-1-3-6-16/h1-3,5-6,9-10,13,20-22H,4,7-8,11-12,14-15H2,(H,26,28,29)/t20?,21-,22+/m1/s1. The van der Waals surface area contributed by atoms with Crippen LogP contribution in [-0.4, -0.2) is 40.9 Å². The Morgan fingerprint density at radius 1 is 0.969 bits per heavy atom. The van der Waals surface area contributed by atoms with Gasteiger partial charge in [-0.15, -0.1) is 0 Å². The number of rotatable bonds is 6. The van der Waals surface area contributed by atoms with Gasteiger partial charge >= 0.3 is 0 Å². The van der Waals surface area contributed by atoms with Gasteiger partial charge in [-0.2, -0.15) is 0 Å². The van der Waals surface area contributed by atoms with Crippen LogP contribution < -0.4 is 10.1 Å². The van der Waals surface area contributed by atoms with Gasteiger partial charge in [0.1, 0.15) is 17.9 Å². The zero-order valence-corrected chi connectivity index (χ0v) is 17.8. The summed E-state index contributed by atoms with van der Waals surface area (Å²) in [6, 6.07) is 15.0. The molecule has 2 aliphatic heterocycles. The van der Waals surface area contributed by atoms with E-state index in [9.17, 15) is 14.4 Å². The number of amides is 3. The first-order valence-electron chi connectivity index (χ1n) is 11.2. The number of nitrogens with one attached hydrogen (secondary N) is 1. The summed E-state index contributed by atoms with van der Waals surface area (Å²) in [5.41, 5.74) is 2.57. The molecule has 0 spiro atoms. The molecule has 7 nitrogen and oxygen atoms in total. The SMILES string of the molecule is O=C1CCC(N2Cc3cc(O[C@H]4CCC[C@H]4OCc4ccccc4)ccc3C2=O)C(=O)N1. The average Bonchev–Trinajstić information content (AvgIpc) is 3.37. The van der Waals surface area contributed by atoms with Crippen LogP contribution in [0.15, 0.2) is 48.5 Å². The summed E-state index contributed by atoms with van der Waals surface area (Å²) in [7, 11) is 0. The zero-order valence-electron chi connectivity index (χ0n) is 17.8. The average molecular weight is 434 g/mol. The van der Waals surface area contributed by atoms with E-state index in [-0.39, 0.29) is 30.4 Å². The van der Waals surface area contributed by atoms with Crippen LogP contribution in [0.4, 0.5) is 0 Å². The van der Waals surface area contributed by atoms with E-state index in [1.165, 1.54) is 0 Å². The Bertz CT molecular complexity index is 1040. The van der Waals surface area contributed by atoms with Crippen molar-refractivity contribution in [1.82, 2.24) is 10.2 Å². The number of nitrogens with zero attached hydrogens (tertiary/aromatic N) is 1. The Morgan fingerprint density at radius 2 is 1.78 bits per heavy atom. The molecule has 1 aliphatic carbocycles. The third kappa shape index (κ3) is 4.12. The molecule has 1 saturated carbocycles. The first kappa shape index (κ1) is 20.7. The van der Waals surface area contributed by atoms with Crippen molar-refractivity contribution in [2.75, 3.05) is 0 Å². The second-order valence-electron chi connectivity index (χ2n) is 8.64. The fourth-order valence-electron chi connectivity index (χ4n) is 4.79. The van der Waals surface area contributed by atoms with Crippen molar-refractivity contribution in [2.45, 2.75) is 63.5 Å². The summed E-state index contributed by atoms with van der Waals surface area (Å²) in [5, 5.41) is 2.33. The molecule has 2 fully saturated rings. The lowest BCUT2D eigenvalue weighted by atomic mass is 10.0. The topological polar surface area (TPSA) is 84.9 Å². The van der Waals surface area contributed by atoms with Crippen LogP contribution in [0.1, 0.15) is 53.6 Å². The Morgan fingerprint density at radius 3 is 2.59 bits per heavy atom. The van der Waals surface area contributed by atoms with Gasteiger partial charge in [-0.1, -0.05) is 30.3 Å². The van der Waals surface area contributed by atoms with Gasteiger partial charge in [0.2, 0.25) is 11.8 Å². The van der Waals surface area contributed by atoms with Gasteiger partial charge in [-0.3, -0.25) is 19.7 Å². The van der Waals surface area contributed by atoms with Gasteiger partial charge in [0.05, 0.1) is 12.7 Å². The maximum atomic E-state index is 12.9. The molecule has 0 aromatic heterocycles. The third-order valence-electron chi connectivity index (χ3n) is 6.48. The molecule has 2 heterocycles. The van der Waals surface area contributed by atoms with Crippen molar-refractivity contribution in [2.24, 2.45) is 0 Å². The van der Waals surface area contributed by atoms with E-state index >= 15 is 0 Å². The van der Waals surface area contributed by atoms with Crippen molar-refractivity contribution in [3.8, 4) is 5.75 Å². The molecule has 1 N–H and O–H groups in total. The number of fused-ring (bicyclic) bond motifs is 1. The van der Waals surface area contributed by atoms with Crippen LogP contribution >= 0.6 is 0 Å². The second kappa shape index (κ2) is 8.74.